The minimum absolute atomic E-state index is 0.311. The van der Waals surface area contributed by atoms with E-state index in [9.17, 15) is 14.7 Å². The van der Waals surface area contributed by atoms with Gasteiger partial charge in [0.05, 0.1) is 0 Å². The molecule has 3 N–H and O–H groups in total. The zero-order chi connectivity index (χ0) is 15.5. The molecule has 7 nitrogen and oxygen atoms in total. The zero-order valence-electron chi connectivity index (χ0n) is 11.5. The lowest BCUT2D eigenvalue weighted by atomic mass is 9.92. The summed E-state index contributed by atoms with van der Waals surface area (Å²) in [5.41, 5.74) is -1.06. The molecular formula is C13H14N4O3S. The lowest BCUT2D eigenvalue weighted by Gasteiger charge is -2.26. The van der Waals surface area contributed by atoms with Crippen LogP contribution in [0.15, 0.2) is 30.3 Å². The molecule has 0 aliphatic heterocycles. The lowest BCUT2D eigenvalue weighted by Crippen LogP contribution is -2.51. The maximum atomic E-state index is 12.0. The van der Waals surface area contributed by atoms with Gasteiger partial charge in [-0.3, -0.25) is 5.32 Å². The van der Waals surface area contributed by atoms with E-state index >= 15 is 0 Å². The Labute approximate surface area is 125 Å². The van der Waals surface area contributed by atoms with E-state index in [-0.39, 0.29) is 0 Å². The molecule has 2 rings (SSSR count). The second kappa shape index (κ2) is 5.88. The first-order valence-electron chi connectivity index (χ1n) is 6.10. The summed E-state index contributed by atoms with van der Waals surface area (Å²) in [6.45, 7) is 3.18. The minimum atomic E-state index is -1.54. The van der Waals surface area contributed by atoms with Crippen molar-refractivity contribution in [3.8, 4) is 0 Å². The molecule has 1 atom stereocenters. The molecule has 0 spiro atoms. The number of anilines is 1. The third kappa shape index (κ3) is 3.34. The molecule has 2 amide bonds. The first kappa shape index (κ1) is 14.9. The van der Waals surface area contributed by atoms with E-state index in [0.717, 1.165) is 0 Å². The number of benzene rings is 1. The number of rotatable bonds is 4. The fraction of sp³-hybridized carbons (Fsp3) is 0.231. The number of urea groups is 1. The van der Waals surface area contributed by atoms with Gasteiger partial charge in [0.2, 0.25) is 5.13 Å². The maximum absolute atomic E-state index is 12.0. The number of carboxylic acids is 1. The Balaban J connectivity index is 2.17. The van der Waals surface area contributed by atoms with Gasteiger partial charge in [0, 0.05) is 0 Å². The number of aromatic nitrogens is 2. The number of hydrogen-bond acceptors (Lipinski definition) is 5. The van der Waals surface area contributed by atoms with Gasteiger partial charge < -0.3 is 10.4 Å². The van der Waals surface area contributed by atoms with Crippen molar-refractivity contribution in [2.75, 3.05) is 5.32 Å². The molecule has 1 aromatic heterocycles. The molecule has 0 saturated carbocycles. The average Bonchev–Trinajstić information content (AvgIpc) is 2.84. The van der Waals surface area contributed by atoms with Crippen molar-refractivity contribution in [3.63, 3.8) is 0 Å². The van der Waals surface area contributed by atoms with Crippen molar-refractivity contribution in [1.82, 2.24) is 15.5 Å². The van der Waals surface area contributed by atoms with Crippen LogP contribution in [-0.4, -0.2) is 27.3 Å². The molecule has 0 aliphatic carbocycles. The van der Waals surface area contributed by atoms with E-state index in [2.05, 4.69) is 20.8 Å². The van der Waals surface area contributed by atoms with Crippen LogP contribution >= 0.6 is 11.3 Å². The van der Waals surface area contributed by atoms with Crippen LogP contribution in [-0.2, 0) is 10.3 Å². The summed E-state index contributed by atoms with van der Waals surface area (Å²) in [6, 6.07) is 7.83. The third-order valence-electron chi connectivity index (χ3n) is 2.89. The van der Waals surface area contributed by atoms with E-state index in [1.165, 1.54) is 18.3 Å². The number of hydrogen-bond donors (Lipinski definition) is 3. The summed E-state index contributed by atoms with van der Waals surface area (Å²) in [4.78, 5) is 23.5. The van der Waals surface area contributed by atoms with Crippen LogP contribution in [0.3, 0.4) is 0 Å². The Kier molecular flexibility index (Phi) is 4.18. The maximum Gasteiger partial charge on any atom is 0.333 e. The molecule has 21 heavy (non-hydrogen) atoms. The highest BCUT2D eigenvalue weighted by molar-refractivity contribution is 7.15. The Morgan fingerprint density at radius 1 is 1.24 bits per heavy atom. The normalized spacial score (nSPS) is 13.2. The van der Waals surface area contributed by atoms with Crippen molar-refractivity contribution in [2.45, 2.75) is 19.4 Å². The van der Waals surface area contributed by atoms with Gasteiger partial charge in [-0.05, 0) is 19.4 Å². The average molecular weight is 306 g/mol. The third-order valence-corrected chi connectivity index (χ3v) is 3.64. The fourth-order valence-corrected chi connectivity index (χ4v) is 2.31. The van der Waals surface area contributed by atoms with Gasteiger partial charge in [-0.25, -0.2) is 9.59 Å². The quantitative estimate of drug-likeness (QED) is 0.801. The van der Waals surface area contributed by atoms with Gasteiger partial charge in [0.25, 0.3) is 0 Å². The molecule has 0 aliphatic rings. The van der Waals surface area contributed by atoms with Gasteiger partial charge in [-0.2, -0.15) is 0 Å². The number of carbonyl (C=O) groups excluding carboxylic acids is 1. The highest BCUT2D eigenvalue weighted by atomic mass is 32.1. The van der Waals surface area contributed by atoms with Crippen LogP contribution in [0.25, 0.3) is 0 Å². The van der Waals surface area contributed by atoms with E-state index < -0.39 is 17.5 Å². The van der Waals surface area contributed by atoms with Crippen molar-refractivity contribution in [3.05, 3.63) is 40.9 Å². The number of aryl methyl sites for hydroxylation is 1. The predicted molar refractivity (Wildman–Crippen MR) is 78.2 cm³/mol. The summed E-state index contributed by atoms with van der Waals surface area (Å²) in [7, 11) is 0. The topological polar surface area (TPSA) is 104 Å². The second-order valence-electron chi connectivity index (χ2n) is 4.50. The van der Waals surface area contributed by atoms with Crippen LogP contribution in [0.1, 0.15) is 17.5 Å². The van der Waals surface area contributed by atoms with E-state index in [0.29, 0.717) is 15.7 Å². The Hall–Kier alpha value is -2.48. The van der Waals surface area contributed by atoms with E-state index in [4.69, 9.17) is 0 Å². The summed E-state index contributed by atoms with van der Waals surface area (Å²) in [5, 5.41) is 22.9. The van der Waals surface area contributed by atoms with E-state index in [1.807, 2.05) is 0 Å². The summed E-state index contributed by atoms with van der Waals surface area (Å²) in [6.07, 6.45) is 0. The van der Waals surface area contributed by atoms with Gasteiger partial charge in [-0.1, -0.05) is 41.7 Å². The number of aliphatic carboxylic acids is 1. The number of carboxylic acid groups (broad SMARTS) is 1. The molecule has 1 aromatic carbocycles. The highest BCUT2D eigenvalue weighted by Crippen LogP contribution is 2.21. The molecule has 0 saturated heterocycles. The summed E-state index contributed by atoms with van der Waals surface area (Å²) >= 11 is 1.20. The summed E-state index contributed by atoms with van der Waals surface area (Å²) < 4.78 is 0. The number of carbonyl (C=O) groups is 2. The van der Waals surface area contributed by atoms with Crippen LogP contribution in [0, 0.1) is 6.92 Å². The lowest BCUT2D eigenvalue weighted by molar-refractivity contribution is -0.144. The van der Waals surface area contributed by atoms with Crippen LogP contribution in [0.4, 0.5) is 9.93 Å². The van der Waals surface area contributed by atoms with Crippen molar-refractivity contribution in [1.29, 1.82) is 0 Å². The van der Waals surface area contributed by atoms with Crippen LogP contribution in [0.2, 0.25) is 0 Å². The number of amides is 2. The monoisotopic (exact) mass is 306 g/mol. The predicted octanol–water partition coefficient (Wildman–Crippen LogP) is 1.97. The molecule has 1 unspecified atom stereocenters. The summed E-state index contributed by atoms with van der Waals surface area (Å²) in [5.74, 6) is -1.16. The van der Waals surface area contributed by atoms with Crippen molar-refractivity contribution in [2.24, 2.45) is 0 Å². The fourth-order valence-electron chi connectivity index (χ4n) is 1.72. The molecule has 110 valence electrons. The Morgan fingerprint density at radius 3 is 2.43 bits per heavy atom. The molecule has 0 fully saturated rings. The smallest absolute Gasteiger partial charge is 0.333 e. The van der Waals surface area contributed by atoms with Gasteiger partial charge in [-0.15, -0.1) is 10.2 Å². The molecular weight excluding hydrogens is 292 g/mol. The largest absolute Gasteiger partial charge is 0.479 e. The number of nitrogens with one attached hydrogen (secondary N) is 2. The Morgan fingerprint density at radius 2 is 1.90 bits per heavy atom. The molecule has 8 heteroatoms. The standard InChI is InChI=1S/C13H14N4O3S/c1-8-16-17-12(21-8)14-11(20)15-13(2,10(18)19)9-6-4-3-5-7-9/h3-7H,1-2H3,(H,18,19)(H2,14,15,17,20). The molecule has 0 bridgehead atoms. The van der Waals surface area contributed by atoms with Crippen molar-refractivity contribution >= 4 is 28.5 Å². The van der Waals surface area contributed by atoms with E-state index in [1.54, 1.807) is 37.3 Å². The molecule has 2 aromatic rings. The first-order chi connectivity index (χ1) is 9.91. The zero-order valence-corrected chi connectivity index (χ0v) is 12.3. The van der Waals surface area contributed by atoms with Gasteiger partial charge in [0.1, 0.15) is 5.01 Å². The molecule has 0 radical (unpaired) electrons. The number of nitrogens with zero attached hydrogens (tertiary/aromatic N) is 2. The second-order valence-corrected chi connectivity index (χ2v) is 5.68. The molecule has 1 heterocycles. The Bertz CT molecular complexity index is 658. The van der Waals surface area contributed by atoms with Gasteiger partial charge >= 0.3 is 12.0 Å². The van der Waals surface area contributed by atoms with Gasteiger partial charge in [0.15, 0.2) is 5.54 Å². The minimum Gasteiger partial charge on any atom is -0.479 e. The van der Waals surface area contributed by atoms with Crippen molar-refractivity contribution < 1.29 is 14.7 Å². The van der Waals surface area contributed by atoms with Crippen LogP contribution < -0.4 is 10.6 Å². The van der Waals surface area contributed by atoms with Crippen LogP contribution in [0.5, 0.6) is 0 Å². The first-order valence-corrected chi connectivity index (χ1v) is 6.91. The SMILES string of the molecule is Cc1nnc(NC(=O)NC(C)(C(=O)O)c2ccccc2)s1. The highest BCUT2D eigenvalue weighted by Gasteiger charge is 2.37.